The van der Waals surface area contributed by atoms with Crippen LogP contribution in [0.2, 0.25) is 5.02 Å². The number of carbonyl (C=O) groups is 1. The van der Waals surface area contributed by atoms with Crippen LogP contribution in [0.25, 0.3) is 0 Å². The van der Waals surface area contributed by atoms with Crippen molar-refractivity contribution in [2.24, 2.45) is 10.8 Å². The molecule has 2 aromatic rings. The normalized spacial score (nSPS) is 26.4. The van der Waals surface area contributed by atoms with Gasteiger partial charge in [-0.1, -0.05) is 39.3 Å². The lowest BCUT2D eigenvalue weighted by atomic mass is 9.49. The van der Waals surface area contributed by atoms with Crippen molar-refractivity contribution in [2.75, 3.05) is 31.1 Å². The van der Waals surface area contributed by atoms with Crippen LogP contribution in [-0.4, -0.2) is 76.3 Å². The van der Waals surface area contributed by atoms with E-state index in [4.69, 9.17) is 21.3 Å². The van der Waals surface area contributed by atoms with Gasteiger partial charge < -0.3 is 24.5 Å². The van der Waals surface area contributed by atoms with Gasteiger partial charge in [-0.25, -0.2) is 4.98 Å². The number of carbonyl (C=O) groups excluding carboxylic acids is 1. The molecule has 1 saturated carbocycles. The first-order chi connectivity index (χ1) is 19.5. The van der Waals surface area contributed by atoms with E-state index in [-0.39, 0.29) is 35.0 Å². The third-order valence-corrected chi connectivity index (χ3v) is 10.3. The number of hydrogen-bond acceptors (Lipinski definition) is 7. The Balaban J connectivity index is 1.13. The summed E-state index contributed by atoms with van der Waals surface area (Å²) in [6, 6.07) is 11.8. The number of amides is 1. The molecule has 4 aliphatic rings. The molecule has 0 radical (unpaired) electrons. The fourth-order valence-corrected chi connectivity index (χ4v) is 8.51. The Labute approximate surface area is 247 Å². The molecule has 0 unspecified atom stereocenters. The van der Waals surface area contributed by atoms with E-state index in [1.54, 1.807) is 18.2 Å². The smallest absolute Gasteiger partial charge is 0.256 e. The molecule has 2 saturated heterocycles. The number of ether oxygens (including phenoxy) is 1. The zero-order valence-corrected chi connectivity index (χ0v) is 25.2. The molecule has 0 atom stereocenters. The number of benzene rings is 1. The number of rotatable bonds is 5. The second kappa shape index (κ2) is 10.4. The number of fused-ring (bicyclic) bond motifs is 1. The van der Waals surface area contributed by atoms with E-state index in [9.17, 15) is 15.2 Å². The average molecular weight is 578 g/mol. The number of nitrogens with zero attached hydrogens (tertiary/aromatic N) is 5. The highest BCUT2D eigenvalue weighted by Gasteiger charge is 2.67. The minimum absolute atomic E-state index is 0.0298. The maximum absolute atomic E-state index is 13.7. The van der Waals surface area contributed by atoms with Crippen LogP contribution in [0.1, 0.15) is 75.0 Å². The van der Waals surface area contributed by atoms with Gasteiger partial charge in [-0.3, -0.25) is 4.79 Å². The minimum Gasteiger partial charge on any atom is -0.489 e. The molecular formula is C32H40ClN5O3. The van der Waals surface area contributed by atoms with Gasteiger partial charge in [0.05, 0.1) is 34.5 Å². The Hall–Kier alpha value is -2.86. The number of likely N-dealkylation sites (tertiary alicyclic amines) is 1. The van der Waals surface area contributed by atoms with Crippen molar-refractivity contribution in [2.45, 2.75) is 84.2 Å². The number of halogens is 1. The number of aliphatic hydroxyl groups is 1. The number of hydrogen-bond donors (Lipinski definition) is 1. The summed E-state index contributed by atoms with van der Waals surface area (Å²) in [5.41, 5.74) is 1.36. The van der Waals surface area contributed by atoms with Crippen LogP contribution in [0, 0.1) is 22.2 Å². The van der Waals surface area contributed by atoms with Gasteiger partial charge in [0, 0.05) is 55.2 Å². The summed E-state index contributed by atoms with van der Waals surface area (Å²) in [5, 5.41) is 19.4. The lowest BCUT2D eigenvalue weighted by Crippen LogP contribution is -2.74. The van der Waals surface area contributed by atoms with Crippen LogP contribution < -0.4 is 9.64 Å². The molecule has 4 heterocycles. The molecule has 1 amide bonds. The Morgan fingerprint density at radius 1 is 1.02 bits per heavy atom. The predicted octanol–water partition coefficient (Wildman–Crippen LogP) is 4.87. The lowest BCUT2D eigenvalue weighted by Gasteiger charge is -2.65. The first kappa shape index (κ1) is 28.3. The van der Waals surface area contributed by atoms with Crippen molar-refractivity contribution >= 4 is 23.3 Å². The number of anilines is 1. The standard InChI is InChI=1S/C32H40ClN5O3/c1-31(2)29(32(3,4)30(31)41-23-6-5-20(18-34)25(33)17-23)38-19-26-24(28(38)40)7-8-27(35-26)37-13-9-21(10-14-37)36-15-11-22(39)12-16-36/h5-8,17,21-22,29-30,39H,9-16,19H2,1-4H3. The summed E-state index contributed by atoms with van der Waals surface area (Å²) in [7, 11) is 0. The van der Waals surface area contributed by atoms with Crippen molar-refractivity contribution in [3.8, 4) is 11.8 Å². The third kappa shape index (κ3) is 4.86. The van der Waals surface area contributed by atoms with Gasteiger partial charge in [0.1, 0.15) is 23.7 Å². The summed E-state index contributed by atoms with van der Waals surface area (Å²) in [5.74, 6) is 1.62. The zero-order chi connectivity index (χ0) is 29.1. The highest BCUT2D eigenvalue weighted by Crippen LogP contribution is 2.59. The van der Waals surface area contributed by atoms with E-state index in [1.807, 2.05) is 17.0 Å². The van der Waals surface area contributed by atoms with Crippen LogP contribution in [0.5, 0.6) is 5.75 Å². The van der Waals surface area contributed by atoms with Crippen LogP contribution in [0.15, 0.2) is 30.3 Å². The van der Waals surface area contributed by atoms with Gasteiger partial charge in [0.15, 0.2) is 0 Å². The molecule has 3 fully saturated rings. The number of aliphatic hydroxyl groups excluding tert-OH is 1. The topological polar surface area (TPSA) is 92.9 Å². The van der Waals surface area contributed by atoms with Crippen molar-refractivity contribution < 1.29 is 14.6 Å². The van der Waals surface area contributed by atoms with Gasteiger partial charge >= 0.3 is 0 Å². The van der Waals surface area contributed by atoms with E-state index >= 15 is 0 Å². The van der Waals surface area contributed by atoms with Gasteiger partial charge in [-0.15, -0.1) is 0 Å². The second-order valence-electron chi connectivity index (χ2n) is 13.4. The highest BCUT2D eigenvalue weighted by atomic mass is 35.5. The van der Waals surface area contributed by atoms with Crippen LogP contribution >= 0.6 is 11.6 Å². The minimum atomic E-state index is -0.309. The van der Waals surface area contributed by atoms with Crippen molar-refractivity contribution in [1.82, 2.24) is 14.8 Å². The Kier molecular flexibility index (Phi) is 7.20. The highest BCUT2D eigenvalue weighted by molar-refractivity contribution is 6.31. The Bertz CT molecular complexity index is 1360. The lowest BCUT2D eigenvalue weighted by molar-refractivity contribution is -0.199. The fraction of sp³-hybridized carbons (Fsp3) is 0.594. The molecule has 3 aliphatic heterocycles. The van der Waals surface area contributed by atoms with E-state index < -0.39 is 0 Å². The van der Waals surface area contributed by atoms with E-state index in [0.717, 1.165) is 63.4 Å². The van der Waals surface area contributed by atoms with Gasteiger partial charge in [-0.05, 0) is 49.9 Å². The van der Waals surface area contributed by atoms with E-state index in [2.05, 4.69) is 43.6 Å². The number of nitriles is 1. The number of pyridine rings is 1. The molecule has 8 nitrogen and oxygen atoms in total. The van der Waals surface area contributed by atoms with Crippen molar-refractivity contribution in [1.29, 1.82) is 5.26 Å². The van der Waals surface area contributed by atoms with Crippen molar-refractivity contribution in [3.05, 3.63) is 52.2 Å². The monoisotopic (exact) mass is 577 g/mol. The summed E-state index contributed by atoms with van der Waals surface area (Å²) in [6.45, 7) is 13.0. The first-order valence-electron chi connectivity index (χ1n) is 14.8. The molecule has 0 bridgehead atoms. The molecule has 1 N–H and O–H groups in total. The molecule has 6 rings (SSSR count). The Morgan fingerprint density at radius 3 is 2.34 bits per heavy atom. The van der Waals surface area contributed by atoms with Crippen LogP contribution in [0.4, 0.5) is 5.82 Å². The molecule has 218 valence electrons. The maximum Gasteiger partial charge on any atom is 0.256 e. The maximum atomic E-state index is 13.7. The number of aromatic nitrogens is 1. The third-order valence-electron chi connectivity index (χ3n) is 9.96. The van der Waals surface area contributed by atoms with Gasteiger partial charge in [0.25, 0.3) is 5.91 Å². The molecule has 1 aromatic carbocycles. The molecular weight excluding hydrogens is 538 g/mol. The quantitative estimate of drug-likeness (QED) is 0.542. The first-order valence-corrected chi connectivity index (χ1v) is 15.2. The second-order valence-corrected chi connectivity index (χ2v) is 13.8. The van der Waals surface area contributed by atoms with E-state index in [0.29, 0.717) is 34.5 Å². The fourth-order valence-electron chi connectivity index (χ4n) is 8.30. The predicted molar refractivity (Wildman–Crippen MR) is 158 cm³/mol. The van der Waals surface area contributed by atoms with Gasteiger partial charge in [0.2, 0.25) is 0 Å². The SMILES string of the molecule is CC1(C)C(Oc2ccc(C#N)c(Cl)c2)C(C)(C)C1N1Cc2nc(N3CCC(N4CCC(O)CC4)CC3)ccc2C1=O. The molecule has 41 heavy (non-hydrogen) atoms. The average Bonchev–Trinajstić information content (AvgIpc) is 3.26. The largest absolute Gasteiger partial charge is 0.489 e. The number of piperidine rings is 2. The summed E-state index contributed by atoms with van der Waals surface area (Å²) in [6.07, 6.45) is 3.66. The summed E-state index contributed by atoms with van der Waals surface area (Å²) in [4.78, 5) is 25.6. The molecule has 1 aromatic heterocycles. The summed E-state index contributed by atoms with van der Waals surface area (Å²) < 4.78 is 6.45. The van der Waals surface area contributed by atoms with Crippen LogP contribution in [-0.2, 0) is 6.54 Å². The molecule has 9 heteroatoms. The Morgan fingerprint density at radius 2 is 1.71 bits per heavy atom. The molecule has 1 aliphatic carbocycles. The van der Waals surface area contributed by atoms with Crippen molar-refractivity contribution in [3.63, 3.8) is 0 Å². The summed E-state index contributed by atoms with van der Waals surface area (Å²) >= 11 is 6.26. The van der Waals surface area contributed by atoms with E-state index in [1.165, 1.54) is 0 Å². The molecule has 0 spiro atoms. The zero-order valence-electron chi connectivity index (χ0n) is 24.4. The van der Waals surface area contributed by atoms with Gasteiger partial charge in [-0.2, -0.15) is 5.26 Å². The van der Waals surface area contributed by atoms with Crippen LogP contribution in [0.3, 0.4) is 0 Å².